The fraction of sp³-hybridized carbons (Fsp3) is 0.765. The molecule has 0 amide bonds. The highest BCUT2D eigenvalue weighted by molar-refractivity contribution is 6.29. The number of rotatable bonds is 12. The van der Waals surface area contributed by atoms with E-state index in [0.29, 0.717) is 5.15 Å². The van der Waals surface area contributed by atoms with Crippen LogP contribution >= 0.6 is 11.6 Å². The summed E-state index contributed by atoms with van der Waals surface area (Å²) in [6.45, 7) is 2.81. The highest BCUT2D eigenvalue weighted by Gasteiger charge is 2.00. The van der Waals surface area contributed by atoms with E-state index < -0.39 is 0 Å². The van der Waals surface area contributed by atoms with Crippen molar-refractivity contribution in [2.45, 2.75) is 77.6 Å². The maximum atomic E-state index is 5.93. The first kappa shape index (κ1) is 18.4. The summed E-state index contributed by atoms with van der Waals surface area (Å²) in [4.78, 5) is 8.67. The minimum absolute atomic E-state index is 0.562. The summed E-state index contributed by atoms with van der Waals surface area (Å²) in [7, 11) is 0. The van der Waals surface area contributed by atoms with Gasteiger partial charge < -0.3 is 5.73 Å². The number of nitrogens with two attached hydrogens (primary N) is 1. The standard InChI is InChI=1S/C17H30ClN3/c1-15-14-16(18)21-17(20-15)12-10-8-6-4-2-3-5-7-9-11-13-19/h14H,2-13,19H2,1H3. The van der Waals surface area contributed by atoms with Crippen molar-refractivity contribution in [2.75, 3.05) is 6.54 Å². The number of unbranched alkanes of at least 4 members (excludes halogenated alkanes) is 9. The lowest BCUT2D eigenvalue weighted by Crippen LogP contribution is -1.97. The predicted octanol–water partition coefficient (Wildman–Crippen LogP) is 4.84. The van der Waals surface area contributed by atoms with Gasteiger partial charge in [-0.3, -0.25) is 0 Å². The molecule has 0 radical (unpaired) electrons. The van der Waals surface area contributed by atoms with E-state index in [2.05, 4.69) is 9.97 Å². The molecular formula is C17H30ClN3. The normalized spacial score (nSPS) is 11.0. The van der Waals surface area contributed by atoms with E-state index in [1.807, 2.05) is 6.92 Å². The van der Waals surface area contributed by atoms with Gasteiger partial charge in [0.05, 0.1) is 0 Å². The second-order valence-corrected chi connectivity index (χ2v) is 6.21. The predicted molar refractivity (Wildman–Crippen MR) is 90.7 cm³/mol. The van der Waals surface area contributed by atoms with Crippen molar-refractivity contribution in [3.05, 3.63) is 22.7 Å². The van der Waals surface area contributed by atoms with Crippen molar-refractivity contribution < 1.29 is 0 Å². The largest absolute Gasteiger partial charge is 0.330 e. The summed E-state index contributed by atoms with van der Waals surface area (Å²) in [6, 6.07) is 1.80. The molecule has 1 aromatic rings. The van der Waals surface area contributed by atoms with E-state index in [-0.39, 0.29) is 0 Å². The van der Waals surface area contributed by atoms with Crippen molar-refractivity contribution in [2.24, 2.45) is 5.73 Å². The van der Waals surface area contributed by atoms with Gasteiger partial charge in [0.1, 0.15) is 11.0 Å². The van der Waals surface area contributed by atoms with Gasteiger partial charge >= 0.3 is 0 Å². The van der Waals surface area contributed by atoms with E-state index in [0.717, 1.165) is 30.9 Å². The Hall–Kier alpha value is -0.670. The Morgan fingerprint density at radius 1 is 0.857 bits per heavy atom. The smallest absolute Gasteiger partial charge is 0.133 e. The van der Waals surface area contributed by atoms with E-state index in [1.165, 1.54) is 57.8 Å². The van der Waals surface area contributed by atoms with Gasteiger partial charge in [0.25, 0.3) is 0 Å². The molecule has 0 bridgehead atoms. The topological polar surface area (TPSA) is 51.8 Å². The van der Waals surface area contributed by atoms with Crippen molar-refractivity contribution in [3.8, 4) is 0 Å². The molecular weight excluding hydrogens is 282 g/mol. The van der Waals surface area contributed by atoms with Gasteiger partial charge in [0.15, 0.2) is 0 Å². The first-order chi connectivity index (χ1) is 10.2. The van der Waals surface area contributed by atoms with E-state index in [9.17, 15) is 0 Å². The molecule has 0 saturated carbocycles. The van der Waals surface area contributed by atoms with Gasteiger partial charge in [-0.15, -0.1) is 0 Å². The number of nitrogens with zero attached hydrogens (tertiary/aromatic N) is 2. The number of halogens is 1. The molecule has 0 aliphatic rings. The van der Waals surface area contributed by atoms with Gasteiger partial charge in [0, 0.05) is 12.1 Å². The van der Waals surface area contributed by atoms with Crippen LogP contribution in [0.4, 0.5) is 0 Å². The molecule has 0 saturated heterocycles. The van der Waals surface area contributed by atoms with Crippen LogP contribution in [-0.4, -0.2) is 16.5 Å². The molecule has 2 N–H and O–H groups in total. The first-order valence-electron chi connectivity index (χ1n) is 8.42. The van der Waals surface area contributed by atoms with Crippen molar-refractivity contribution in [1.29, 1.82) is 0 Å². The SMILES string of the molecule is Cc1cc(Cl)nc(CCCCCCCCCCCCN)n1. The zero-order valence-corrected chi connectivity index (χ0v) is 14.2. The summed E-state index contributed by atoms with van der Waals surface area (Å²) in [5.74, 6) is 0.889. The Balaban J connectivity index is 1.93. The van der Waals surface area contributed by atoms with Crippen LogP contribution in [0.2, 0.25) is 5.15 Å². The first-order valence-corrected chi connectivity index (χ1v) is 8.80. The quantitative estimate of drug-likeness (QED) is 0.444. The molecule has 0 aliphatic carbocycles. The van der Waals surface area contributed by atoms with Gasteiger partial charge in [-0.25, -0.2) is 9.97 Å². The third kappa shape index (κ3) is 9.81. The van der Waals surface area contributed by atoms with Crippen LogP contribution in [0.15, 0.2) is 6.07 Å². The van der Waals surface area contributed by atoms with Crippen LogP contribution in [-0.2, 0) is 6.42 Å². The summed E-state index contributed by atoms with van der Waals surface area (Å²) in [5, 5.41) is 0.562. The van der Waals surface area contributed by atoms with E-state index >= 15 is 0 Å². The van der Waals surface area contributed by atoms with Gasteiger partial charge in [-0.2, -0.15) is 0 Å². The minimum atomic E-state index is 0.562. The van der Waals surface area contributed by atoms with Crippen molar-refractivity contribution in [1.82, 2.24) is 9.97 Å². The summed E-state index contributed by atoms with van der Waals surface area (Å²) >= 11 is 5.93. The molecule has 4 heteroatoms. The van der Waals surface area contributed by atoms with Crippen LogP contribution in [0.25, 0.3) is 0 Å². The number of hydrogen-bond acceptors (Lipinski definition) is 3. The minimum Gasteiger partial charge on any atom is -0.330 e. The molecule has 1 heterocycles. The number of hydrogen-bond donors (Lipinski definition) is 1. The molecule has 0 spiro atoms. The van der Waals surface area contributed by atoms with Crippen LogP contribution < -0.4 is 5.73 Å². The average Bonchev–Trinajstić information content (AvgIpc) is 2.44. The Morgan fingerprint density at radius 3 is 1.90 bits per heavy atom. The molecule has 0 aliphatic heterocycles. The van der Waals surface area contributed by atoms with E-state index in [1.54, 1.807) is 6.07 Å². The van der Waals surface area contributed by atoms with Gasteiger partial charge in [-0.05, 0) is 32.4 Å². The number of aromatic nitrogens is 2. The molecule has 120 valence electrons. The van der Waals surface area contributed by atoms with Crippen LogP contribution in [0.5, 0.6) is 0 Å². The lowest BCUT2D eigenvalue weighted by atomic mass is 10.1. The second kappa shape index (κ2) is 11.9. The lowest BCUT2D eigenvalue weighted by molar-refractivity contribution is 0.551. The second-order valence-electron chi connectivity index (χ2n) is 5.82. The lowest BCUT2D eigenvalue weighted by Gasteiger charge is -2.03. The van der Waals surface area contributed by atoms with E-state index in [4.69, 9.17) is 17.3 Å². The average molecular weight is 312 g/mol. The molecule has 3 nitrogen and oxygen atoms in total. The van der Waals surface area contributed by atoms with Crippen LogP contribution in [0, 0.1) is 6.92 Å². The van der Waals surface area contributed by atoms with Crippen LogP contribution in [0.1, 0.15) is 75.7 Å². The molecule has 1 rings (SSSR count). The van der Waals surface area contributed by atoms with Gasteiger partial charge in [0.2, 0.25) is 0 Å². The Labute approximate surface area is 134 Å². The third-order valence-corrected chi connectivity index (χ3v) is 3.92. The Morgan fingerprint density at radius 2 is 1.38 bits per heavy atom. The molecule has 0 aromatic carbocycles. The van der Waals surface area contributed by atoms with Crippen molar-refractivity contribution >= 4 is 11.6 Å². The molecule has 0 fully saturated rings. The summed E-state index contributed by atoms with van der Waals surface area (Å²) in [6.07, 6.45) is 14.0. The summed E-state index contributed by atoms with van der Waals surface area (Å²) < 4.78 is 0. The highest BCUT2D eigenvalue weighted by atomic mass is 35.5. The maximum Gasteiger partial charge on any atom is 0.133 e. The molecule has 1 aromatic heterocycles. The Kier molecular flexibility index (Phi) is 10.4. The summed E-state index contributed by atoms with van der Waals surface area (Å²) in [5.41, 5.74) is 6.44. The zero-order valence-electron chi connectivity index (χ0n) is 13.4. The fourth-order valence-corrected chi connectivity index (χ4v) is 2.80. The van der Waals surface area contributed by atoms with Crippen molar-refractivity contribution in [3.63, 3.8) is 0 Å². The van der Waals surface area contributed by atoms with Crippen LogP contribution in [0.3, 0.4) is 0 Å². The molecule has 21 heavy (non-hydrogen) atoms. The zero-order chi connectivity index (χ0) is 15.3. The highest BCUT2D eigenvalue weighted by Crippen LogP contribution is 2.12. The molecule has 0 atom stereocenters. The Bertz CT molecular complexity index is 362. The third-order valence-electron chi connectivity index (χ3n) is 3.72. The fourth-order valence-electron chi connectivity index (χ4n) is 2.54. The molecule has 0 unspecified atom stereocenters. The number of aryl methyl sites for hydroxylation is 2. The monoisotopic (exact) mass is 311 g/mol. The maximum absolute atomic E-state index is 5.93. The van der Waals surface area contributed by atoms with Gasteiger partial charge in [-0.1, -0.05) is 63.0 Å².